The summed E-state index contributed by atoms with van der Waals surface area (Å²) >= 11 is 0. The maximum atomic E-state index is 12.5. The minimum absolute atomic E-state index is 0.0557. The molecule has 0 bridgehead atoms. The zero-order chi connectivity index (χ0) is 21.0. The molecule has 0 fully saturated rings. The first-order valence-corrected chi connectivity index (χ1v) is 8.42. The number of carbonyl (C=O) groups excluding carboxylic acids is 4. The van der Waals surface area contributed by atoms with Gasteiger partial charge in [0.25, 0.3) is 5.91 Å². The lowest BCUT2D eigenvalue weighted by molar-refractivity contribution is -0.123. The van der Waals surface area contributed by atoms with E-state index in [9.17, 15) is 19.2 Å². The molecule has 1 aromatic carbocycles. The van der Waals surface area contributed by atoms with Crippen LogP contribution in [0.3, 0.4) is 0 Å². The highest BCUT2D eigenvalue weighted by Gasteiger charge is 2.28. The Morgan fingerprint density at radius 3 is 2.41 bits per heavy atom. The van der Waals surface area contributed by atoms with Gasteiger partial charge in [-0.1, -0.05) is 0 Å². The van der Waals surface area contributed by atoms with Crippen molar-refractivity contribution in [2.24, 2.45) is 0 Å². The van der Waals surface area contributed by atoms with Gasteiger partial charge in [-0.3, -0.25) is 14.5 Å². The van der Waals surface area contributed by atoms with Crippen LogP contribution >= 0.6 is 0 Å². The number of ether oxygens (including phenoxy) is 3. The number of methoxy groups -OCH3 is 2. The van der Waals surface area contributed by atoms with Crippen LogP contribution in [0.5, 0.6) is 5.75 Å². The van der Waals surface area contributed by atoms with E-state index >= 15 is 0 Å². The van der Waals surface area contributed by atoms with E-state index in [4.69, 9.17) is 4.74 Å². The summed E-state index contributed by atoms with van der Waals surface area (Å²) in [5, 5.41) is 2.56. The number of amides is 2. The Morgan fingerprint density at radius 1 is 1.14 bits per heavy atom. The number of esters is 2. The number of fused-ring (bicyclic) bond motifs is 1. The van der Waals surface area contributed by atoms with E-state index in [-0.39, 0.29) is 35.8 Å². The highest BCUT2D eigenvalue weighted by atomic mass is 16.5. The predicted molar refractivity (Wildman–Crippen MR) is 99.8 cm³/mol. The molecule has 0 aliphatic carbocycles. The Kier molecular flexibility index (Phi) is 5.72. The van der Waals surface area contributed by atoms with Gasteiger partial charge in [-0.05, 0) is 30.3 Å². The number of rotatable bonds is 5. The number of benzene rings is 1. The van der Waals surface area contributed by atoms with Crippen molar-refractivity contribution >= 4 is 35.3 Å². The molecule has 29 heavy (non-hydrogen) atoms. The van der Waals surface area contributed by atoms with Crippen molar-refractivity contribution < 1.29 is 33.4 Å². The van der Waals surface area contributed by atoms with Gasteiger partial charge in [0.2, 0.25) is 5.91 Å². The highest BCUT2D eigenvalue weighted by Crippen LogP contribution is 2.28. The van der Waals surface area contributed by atoms with E-state index in [0.717, 1.165) is 0 Å². The Balaban J connectivity index is 1.83. The van der Waals surface area contributed by atoms with Crippen molar-refractivity contribution in [3.05, 3.63) is 47.7 Å². The summed E-state index contributed by atoms with van der Waals surface area (Å²) in [6.07, 6.45) is 1.48. The van der Waals surface area contributed by atoms with Gasteiger partial charge in [0, 0.05) is 11.9 Å². The molecule has 2 amide bonds. The molecule has 3 rings (SSSR count). The Hall–Kier alpha value is -3.95. The second-order valence-electron chi connectivity index (χ2n) is 5.92. The number of carbonyl (C=O) groups is 4. The Labute approximate surface area is 165 Å². The molecule has 0 unspecified atom stereocenters. The van der Waals surface area contributed by atoms with Crippen LogP contribution in [-0.4, -0.2) is 56.1 Å². The maximum absolute atomic E-state index is 12.5. The fourth-order valence-corrected chi connectivity index (χ4v) is 2.71. The van der Waals surface area contributed by atoms with Crippen LogP contribution < -0.4 is 15.0 Å². The van der Waals surface area contributed by atoms with E-state index in [1.54, 1.807) is 12.1 Å². The van der Waals surface area contributed by atoms with Crippen LogP contribution in [0.2, 0.25) is 0 Å². The molecule has 0 atom stereocenters. The summed E-state index contributed by atoms with van der Waals surface area (Å²) in [6, 6.07) is 7.29. The molecular weight excluding hydrogens is 382 g/mol. The van der Waals surface area contributed by atoms with Crippen molar-refractivity contribution in [3.63, 3.8) is 0 Å². The second kappa shape index (κ2) is 8.38. The summed E-state index contributed by atoms with van der Waals surface area (Å²) in [5.41, 5.74) is 0.278. The average Bonchev–Trinajstić information content (AvgIpc) is 2.74. The van der Waals surface area contributed by atoms with Gasteiger partial charge in [-0.25, -0.2) is 14.6 Å². The third kappa shape index (κ3) is 4.32. The quantitative estimate of drug-likeness (QED) is 0.739. The molecule has 10 nitrogen and oxygen atoms in total. The highest BCUT2D eigenvalue weighted by molar-refractivity contribution is 6.05. The average molecular weight is 399 g/mol. The first-order chi connectivity index (χ1) is 13.9. The van der Waals surface area contributed by atoms with Gasteiger partial charge in [-0.15, -0.1) is 0 Å². The first kappa shape index (κ1) is 19.8. The second-order valence-corrected chi connectivity index (χ2v) is 5.92. The zero-order valence-corrected chi connectivity index (χ0v) is 15.6. The molecule has 150 valence electrons. The summed E-state index contributed by atoms with van der Waals surface area (Å²) in [6.45, 7) is -0.543. The summed E-state index contributed by atoms with van der Waals surface area (Å²) in [5.74, 6) is -1.74. The molecule has 0 spiro atoms. The van der Waals surface area contributed by atoms with E-state index in [1.165, 1.54) is 43.5 Å². The van der Waals surface area contributed by atoms with Crippen LogP contribution in [0.1, 0.15) is 20.7 Å². The van der Waals surface area contributed by atoms with Crippen LogP contribution in [0, 0.1) is 0 Å². The van der Waals surface area contributed by atoms with Gasteiger partial charge in [0.1, 0.15) is 6.54 Å². The molecule has 1 aromatic heterocycles. The monoisotopic (exact) mass is 399 g/mol. The smallest absolute Gasteiger partial charge is 0.337 e. The van der Waals surface area contributed by atoms with Crippen LogP contribution in [0.25, 0.3) is 0 Å². The molecule has 2 heterocycles. The normalized spacial score (nSPS) is 12.5. The number of nitrogens with zero attached hydrogens (tertiary/aromatic N) is 2. The SMILES string of the molecule is COC(=O)c1cc(NC(=O)CN2C(=O)COc3cccnc32)cc(C(=O)OC)c1. The fraction of sp³-hybridized carbons (Fsp3) is 0.211. The number of anilines is 2. The molecule has 0 saturated carbocycles. The zero-order valence-electron chi connectivity index (χ0n) is 15.6. The van der Waals surface area contributed by atoms with Gasteiger partial charge in [0.15, 0.2) is 18.2 Å². The molecule has 2 aromatic rings. The van der Waals surface area contributed by atoms with Crippen LogP contribution in [-0.2, 0) is 19.1 Å². The largest absolute Gasteiger partial charge is 0.480 e. The number of aromatic nitrogens is 1. The minimum Gasteiger partial charge on any atom is -0.480 e. The van der Waals surface area contributed by atoms with E-state index < -0.39 is 23.8 Å². The van der Waals surface area contributed by atoms with Crippen molar-refractivity contribution in [3.8, 4) is 5.75 Å². The Morgan fingerprint density at radius 2 is 1.79 bits per heavy atom. The summed E-state index contributed by atoms with van der Waals surface area (Å²) in [4.78, 5) is 53.7. The third-order valence-electron chi connectivity index (χ3n) is 4.02. The van der Waals surface area contributed by atoms with Crippen LogP contribution in [0.4, 0.5) is 11.5 Å². The van der Waals surface area contributed by atoms with E-state index in [0.29, 0.717) is 5.75 Å². The lowest BCUT2D eigenvalue weighted by Gasteiger charge is -2.27. The van der Waals surface area contributed by atoms with Crippen molar-refractivity contribution in [1.82, 2.24) is 4.98 Å². The molecule has 0 radical (unpaired) electrons. The fourth-order valence-electron chi connectivity index (χ4n) is 2.71. The van der Waals surface area contributed by atoms with Gasteiger partial charge < -0.3 is 19.5 Å². The molecular formula is C19H17N3O7. The number of pyridine rings is 1. The maximum Gasteiger partial charge on any atom is 0.337 e. The van der Waals surface area contributed by atoms with Crippen molar-refractivity contribution in [2.45, 2.75) is 0 Å². The molecule has 0 saturated heterocycles. The Bertz CT molecular complexity index is 955. The minimum atomic E-state index is -0.687. The van der Waals surface area contributed by atoms with E-state index in [1.807, 2.05) is 0 Å². The lowest BCUT2D eigenvalue weighted by Crippen LogP contribution is -2.44. The standard InChI is InChI=1S/C19H17N3O7/c1-27-18(25)11-6-12(19(26)28-2)8-13(7-11)21-15(23)9-22-16(24)10-29-14-4-3-5-20-17(14)22/h3-8H,9-10H2,1-2H3,(H,21,23). The van der Waals surface area contributed by atoms with Crippen LogP contribution in [0.15, 0.2) is 36.5 Å². The topological polar surface area (TPSA) is 124 Å². The van der Waals surface area contributed by atoms with E-state index in [2.05, 4.69) is 19.8 Å². The molecule has 1 aliphatic rings. The number of hydrogen-bond acceptors (Lipinski definition) is 8. The third-order valence-corrected chi connectivity index (χ3v) is 4.02. The van der Waals surface area contributed by atoms with Crippen molar-refractivity contribution in [2.75, 3.05) is 37.6 Å². The first-order valence-electron chi connectivity index (χ1n) is 8.42. The predicted octanol–water partition coefficient (Wildman–Crippen LogP) is 1.02. The molecule has 1 N–H and O–H groups in total. The van der Waals surface area contributed by atoms with Gasteiger partial charge >= 0.3 is 11.9 Å². The number of hydrogen-bond donors (Lipinski definition) is 1. The van der Waals surface area contributed by atoms with Gasteiger partial charge in [-0.2, -0.15) is 0 Å². The summed E-state index contributed by atoms with van der Waals surface area (Å²) in [7, 11) is 2.39. The number of nitrogens with one attached hydrogen (secondary N) is 1. The molecule has 10 heteroatoms. The summed E-state index contributed by atoms with van der Waals surface area (Å²) < 4.78 is 14.6. The van der Waals surface area contributed by atoms with Gasteiger partial charge in [0.05, 0.1) is 25.3 Å². The molecule has 1 aliphatic heterocycles. The van der Waals surface area contributed by atoms with Crippen molar-refractivity contribution in [1.29, 1.82) is 0 Å². The lowest BCUT2D eigenvalue weighted by atomic mass is 10.1.